The fraction of sp³-hybridized carbons (Fsp3) is 0.304. The number of carbonyl (C=O) groups excluding carboxylic acids is 1. The van der Waals surface area contributed by atoms with Crippen LogP contribution >= 0.6 is 0 Å². The summed E-state index contributed by atoms with van der Waals surface area (Å²) in [5, 5.41) is 3.80. The standard InChI is InChI=1S/C23H26N4O3S/c1-26(2)31(29,30)21-12-6-4-10-18(21)16-24-23(28)19-15-17-9-3-5-11-20(17)25-22(19)27-13-7-8-14-27/h3-6,9-12,15H,7-8,13-14,16H2,1-2H3,(H,24,28). The fourth-order valence-corrected chi connectivity index (χ4v) is 4.93. The monoisotopic (exact) mass is 438 g/mol. The highest BCUT2D eigenvalue weighted by atomic mass is 32.2. The summed E-state index contributed by atoms with van der Waals surface area (Å²) in [6.07, 6.45) is 2.15. The highest BCUT2D eigenvalue weighted by Crippen LogP contribution is 2.27. The Balaban J connectivity index is 1.65. The van der Waals surface area contributed by atoms with E-state index in [0.29, 0.717) is 16.9 Å². The van der Waals surface area contributed by atoms with Crippen LogP contribution in [0.4, 0.5) is 5.82 Å². The summed E-state index contributed by atoms with van der Waals surface area (Å²) in [6.45, 7) is 1.85. The molecular formula is C23H26N4O3S. The first-order valence-corrected chi connectivity index (χ1v) is 11.8. The summed E-state index contributed by atoms with van der Waals surface area (Å²) in [5.74, 6) is 0.417. The molecule has 0 saturated carbocycles. The van der Waals surface area contributed by atoms with Gasteiger partial charge in [0.2, 0.25) is 10.0 Å². The number of hydrogen-bond acceptors (Lipinski definition) is 5. The number of para-hydroxylation sites is 1. The second-order valence-corrected chi connectivity index (χ2v) is 9.94. The van der Waals surface area contributed by atoms with E-state index < -0.39 is 10.0 Å². The molecule has 31 heavy (non-hydrogen) atoms. The summed E-state index contributed by atoms with van der Waals surface area (Å²) >= 11 is 0. The number of pyridine rings is 1. The Bertz CT molecular complexity index is 1220. The average molecular weight is 439 g/mol. The topological polar surface area (TPSA) is 82.6 Å². The van der Waals surface area contributed by atoms with Crippen LogP contribution in [0.1, 0.15) is 28.8 Å². The Morgan fingerprint density at radius 1 is 1.06 bits per heavy atom. The van der Waals surface area contributed by atoms with Gasteiger partial charge < -0.3 is 10.2 Å². The third kappa shape index (κ3) is 4.26. The van der Waals surface area contributed by atoms with Crippen molar-refractivity contribution >= 4 is 32.7 Å². The van der Waals surface area contributed by atoms with Crippen LogP contribution in [-0.2, 0) is 16.6 Å². The number of amides is 1. The number of anilines is 1. The molecule has 0 unspecified atom stereocenters. The predicted molar refractivity (Wildman–Crippen MR) is 122 cm³/mol. The molecule has 0 atom stereocenters. The van der Waals surface area contributed by atoms with Gasteiger partial charge in [0.15, 0.2) is 0 Å². The summed E-state index contributed by atoms with van der Waals surface area (Å²) in [5.41, 5.74) is 1.90. The lowest BCUT2D eigenvalue weighted by atomic mass is 10.1. The molecule has 0 spiro atoms. The zero-order chi connectivity index (χ0) is 22.0. The Kier molecular flexibility index (Phi) is 5.93. The third-order valence-electron chi connectivity index (χ3n) is 5.52. The van der Waals surface area contributed by atoms with E-state index in [0.717, 1.165) is 36.8 Å². The number of nitrogens with one attached hydrogen (secondary N) is 1. The molecule has 1 aromatic heterocycles. The molecule has 0 bridgehead atoms. The highest BCUT2D eigenvalue weighted by Gasteiger charge is 2.24. The minimum absolute atomic E-state index is 0.105. The van der Waals surface area contributed by atoms with Gasteiger partial charge in [0.1, 0.15) is 5.82 Å². The van der Waals surface area contributed by atoms with Crippen LogP contribution in [0.3, 0.4) is 0 Å². The molecule has 162 valence electrons. The molecule has 1 amide bonds. The summed E-state index contributed by atoms with van der Waals surface area (Å²) < 4.78 is 26.5. The van der Waals surface area contributed by atoms with Crippen molar-refractivity contribution in [3.63, 3.8) is 0 Å². The number of sulfonamides is 1. The first kappa shape index (κ1) is 21.3. The van der Waals surface area contributed by atoms with Crippen molar-refractivity contribution in [3.8, 4) is 0 Å². The van der Waals surface area contributed by atoms with E-state index in [-0.39, 0.29) is 17.3 Å². The fourth-order valence-electron chi connectivity index (χ4n) is 3.81. The molecule has 0 radical (unpaired) electrons. The maximum Gasteiger partial charge on any atom is 0.255 e. The number of carbonyl (C=O) groups is 1. The van der Waals surface area contributed by atoms with Gasteiger partial charge in [0.25, 0.3) is 5.91 Å². The van der Waals surface area contributed by atoms with Gasteiger partial charge in [0, 0.05) is 39.1 Å². The van der Waals surface area contributed by atoms with E-state index in [1.807, 2.05) is 30.3 Å². The van der Waals surface area contributed by atoms with Crippen LogP contribution in [0.15, 0.2) is 59.5 Å². The SMILES string of the molecule is CN(C)S(=O)(=O)c1ccccc1CNC(=O)c1cc2ccccc2nc1N1CCCC1. The van der Waals surface area contributed by atoms with E-state index in [9.17, 15) is 13.2 Å². The molecule has 1 saturated heterocycles. The molecule has 1 aliphatic heterocycles. The number of aromatic nitrogens is 1. The number of benzene rings is 2. The van der Waals surface area contributed by atoms with Crippen molar-refractivity contribution in [2.45, 2.75) is 24.3 Å². The zero-order valence-corrected chi connectivity index (χ0v) is 18.5. The van der Waals surface area contributed by atoms with Crippen molar-refractivity contribution < 1.29 is 13.2 Å². The van der Waals surface area contributed by atoms with Gasteiger partial charge in [-0.05, 0) is 36.6 Å². The first-order valence-electron chi connectivity index (χ1n) is 10.3. The highest BCUT2D eigenvalue weighted by molar-refractivity contribution is 7.89. The summed E-state index contributed by atoms with van der Waals surface area (Å²) in [7, 11) is -0.621. The number of fused-ring (bicyclic) bond motifs is 1. The van der Waals surface area contributed by atoms with E-state index in [1.165, 1.54) is 18.4 Å². The molecule has 4 rings (SSSR count). The molecule has 2 heterocycles. The molecule has 1 aliphatic rings. The van der Waals surface area contributed by atoms with E-state index in [2.05, 4.69) is 10.2 Å². The maximum absolute atomic E-state index is 13.2. The summed E-state index contributed by atoms with van der Waals surface area (Å²) in [4.78, 5) is 20.3. The van der Waals surface area contributed by atoms with Crippen LogP contribution in [0, 0.1) is 0 Å². The van der Waals surface area contributed by atoms with Gasteiger partial charge >= 0.3 is 0 Å². The van der Waals surface area contributed by atoms with Gasteiger partial charge in [0.05, 0.1) is 16.0 Å². The third-order valence-corrected chi connectivity index (χ3v) is 7.44. The lowest BCUT2D eigenvalue weighted by molar-refractivity contribution is 0.0951. The van der Waals surface area contributed by atoms with Crippen molar-refractivity contribution in [2.75, 3.05) is 32.1 Å². The molecule has 0 aliphatic carbocycles. The van der Waals surface area contributed by atoms with Gasteiger partial charge in [-0.2, -0.15) is 0 Å². The van der Waals surface area contributed by atoms with E-state index >= 15 is 0 Å². The average Bonchev–Trinajstić information content (AvgIpc) is 3.31. The van der Waals surface area contributed by atoms with Crippen molar-refractivity contribution in [2.24, 2.45) is 0 Å². The number of rotatable bonds is 6. The number of hydrogen-bond donors (Lipinski definition) is 1. The summed E-state index contributed by atoms with van der Waals surface area (Å²) in [6, 6.07) is 16.3. The lowest BCUT2D eigenvalue weighted by Crippen LogP contribution is -2.29. The van der Waals surface area contributed by atoms with Crippen LogP contribution in [-0.4, -0.2) is 50.8 Å². The minimum atomic E-state index is -3.61. The van der Waals surface area contributed by atoms with Crippen LogP contribution in [0.5, 0.6) is 0 Å². The Labute approximate surface area is 182 Å². The minimum Gasteiger partial charge on any atom is -0.356 e. The normalized spacial score (nSPS) is 14.4. The Hall–Kier alpha value is -2.97. The number of nitrogens with zero attached hydrogens (tertiary/aromatic N) is 3. The zero-order valence-electron chi connectivity index (χ0n) is 17.7. The Morgan fingerprint density at radius 3 is 2.48 bits per heavy atom. The molecule has 7 nitrogen and oxygen atoms in total. The first-order chi connectivity index (χ1) is 14.9. The predicted octanol–water partition coefficient (Wildman–Crippen LogP) is 3.02. The van der Waals surface area contributed by atoms with Gasteiger partial charge in [-0.1, -0.05) is 36.4 Å². The van der Waals surface area contributed by atoms with Crippen LogP contribution < -0.4 is 10.2 Å². The van der Waals surface area contributed by atoms with Crippen molar-refractivity contribution in [1.82, 2.24) is 14.6 Å². The second kappa shape index (κ2) is 8.64. The maximum atomic E-state index is 13.2. The largest absolute Gasteiger partial charge is 0.356 e. The van der Waals surface area contributed by atoms with Crippen molar-refractivity contribution in [3.05, 3.63) is 65.7 Å². The molecule has 1 fully saturated rings. The van der Waals surface area contributed by atoms with Crippen molar-refractivity contribution in [1.29, 1.82) is 0 Å². The Morgan fingerprint density at radius 2 is 1.74 bits per heavy atom. The van der Waals surface area contributed by atoms with Gasteiger partial charge in [-0.3, -0.25) is 4.79 Å². The van der Waals surface area contributed by atoms with Crippen LogP contribution in [0.25, 0.3) is 10.9 Å². The quantitative estimate of drug-likeness (QED) is 0.640. The molecule has 8 heteroatoms. The van der Waals surface area contributed by atoms with Gasteiger partial charge in [-0.15, -0.1) is 0 Å². The smallest absolute Gasteiger partial charge is 0.255 e. The second-order valence-electron chi connectivity index (χ2n) is 7.82. The molecule has 3 aromatic rings. The molecular weight excluding hydrogens is 412 g/mol. The van der Waals surface area contributed by atoms with Gasteiger partial charge in [-0.25, -0.2) is 17.7 Å². The molecule has 2 aromatic carbocycles. The lowest BCUT2D eigenvalue weighted by Gasteiger charge is -2.21. The van der Waals surface area contributed by atoms with Crippen LogP contribution in [0.2, 0.25) is 0 Å². The van der Waals surface area contributed by atoms with E-state index in [4.69, 9.17) is 4.98 Å². The molecule has 1 N–H and O–H groups in total. The van der Waals surface area contributed by atoms with E-state index in [1.54, 1.807) is 24.3 Å².